The average Bonchev–Trinajstić information content (AvgIpc) is 3.23. The van der Waals surface area contributed by atoms with Crippen LogP contribution in [0, 0.1) is 12.8 Å². The number of amides is 2. The van der Waals surface area contributed by atoms with E-state index in [-0.39, 0.29) is 24.2 Å². The van der Waals surface area contributed by atoms with Crippen LogP contribution in [-0.4, -0.2) is 34.8 Å². The van der Waals surface area contributed by atoms with Crippen molar-refractivity contribution in [1.82, 2.24) is 9.88 Å². The third-order valence-corrected chi connectivity index (χ3v) is 5.20. The number of H-pyrrole nitrogens is 1. The fourth-order valence-corrected chi connectivity index (χ4v) is 3.72. The minimum atomic E-state index is -0.291. The van der Waals surface area contributed by atoms with Crippen LogP contribution in [0.5, 0.6) is 0 Å². The summed E-state index contributed by atoms with van der Waals surface area (Å²) >= 11 is 0. The van der Waals surface area contributed by atoms with Crippen LogP contribution in [0.1, 0.15) is 17.5 Å². The Hall–Kier alpha value is -3.08. The lowest BCUT2D eigenvalue weighted by atomic mass is 10.1. The number of aryl methyl sites for hydroxylation is 1. The standard InChI is InChI=1S/C22H23N3O2/c1-15-5-4-6-18(11-15)24-22(27)17-12-21(26)25(14-17)10-9-16-13-23-20-8-3-2-7-19(16)20/h2-8,11,13,17,23H,9-10,12,14H2,1H3,(H,24,27). The van der Waals surface area contributed by atoms with Crippen molar-refractivity contribution in [1.29, 1.82) is 0 Å². The normalized spacial score (nSPS) is 16.9. The second-order valence-electron chi connectivity index (χ2n) is 7.21. The molecule has 5 nitrogen and oxygen atoms in total. The Morgan fingerprint density at radius 3 is 2.93 bits per heavy atom. The predicted octanol–water partition coefficient (Wildman–Crippen LogP) is 3.51. The summed E-state index contributed by atoms with van der Waals surface area (Å²) in [7, 11) is 0. The van der Waals surface area contributed by atoms with Crippen LogP contribution in [0.25, 0.3) is 10.9 Å². The van der Waals surface area contributed by atoms with Crippen LogP contribution in [-0.2, 0) is 16.0 Å². The molecule has 0 radical (unpaired) electrons. The zero-order chi connectivity index (χ0) is 18.8. The van der Waals surface area contributed by atoms with Gasteiger partial charge in [0, 0.05) is 42.3 Å². The largest absolute Gasteiger partial charge is 0.361 e. The topological polar surface area (TPSA) is 65.2 Å². The average molecular weight is 361 g/mol. The highest BCUT2D eigenvalue weighted by atomic mass is 16.2. The number of aromatic nitrogens is 1. The van der Waals surface area contributed by atoms with Gasteiger partial charge in [-0.25, -0.2) is 0 Å². The molecule has 2 heterocycles. The molecule has 2 amide bonds. The summed E-state index contributed by atoms with van der Waals surface area (Å²) in [5, 5.41) is 4.13. The highest BCUT2D eigenvalue weighted by molar-refractivity contribution is 5.97. The number of carbonyl (C=O) groups is 2. The van der Waals surface area contributed by atoms with Gasteiger partial charge in [0.1, 0.15) is 0 Å². The van der Waals surface area contributed by atoms with E-state index < -0.39 is 0 Å². The number of anilines is 1. The molecule has 1 saturated heterocycles. The Bertz CT molecular complexity index is 992. The Labute approximate surface area is 158 Å². The van der Waals surface area contributed by atoms with Gasteiger partial charge in [-0.2, -0.15) is 0 Å². The van der Waals surface area contributed by atoms with Gasteiger partial charge < -0.3 is 15.2 Å². The van der Waals surface area contributed by atoms with Crippen molar-refractivity contribution in [2.75, 3.05) is 18.4 Å². The highest BCUT2D eigenvalue weighted by Crippen LogP contribution is 2.23. The predicted molar refractivity (Wildman–Crippen MR) is 106 cm³/mol. The zero-order valence-corrected chi connectivity index (χ0v) is 15.4. The maximum Gasteiger partial charge on any atom is 0.229 e. The number of nitrogens with zero attached hydrogens (tertiary/aromatic N) is 1. The number of aromatic amines is 1. The van der Waals surface area contributed by atoms with Crippen molar-refractivity contribution < 1.29 is 9.59 Å². The minimum Gasteiger partial charge on any atom is -0.361 e. The molecule has 1 fully saturated rings. The van der Waals surface area contributed by atoms with Gasteiger partial charge in [0.25, 0.3) is 0 Å². The van der Waals surface area contributed by atoms with Crippen molar-refractivity contribution in [3.8, 4) is 0 Å². The summed E-state index contributed by atoms with van der Waals surface area (Å²) in [6.07, 6.45) is 3.07. The first-order valence-electron chi connectivity index (χ1n) is 9.30. The second kappa shape index (κ2) is 7.27. The van der Waals surface area contributed by atoms with E-state index in [1.807, 2.05) is 60.5 Å². The lowest BCUT2D eigenvalue weighted by molar-refractivity contribution is -0.128. The van der Waals surface area contributed by atoms with E-state index in [1.54, 1.807) is 0 Å². The summed E-state index contributed by atoms with van der Waals surface area (Å²) in [5.74, 6) is -0.316. The third-order valence-electron chi connectivity index (χ3n) is 5.20. The fraction of sp³-hybridized carbons (Fsp3) is 0.273. The molecule has 0 aliphatic carbocycles. The first-order chi connectivity index (χ1) is 13.1. The van der Waals surface area contributed by atoms with Gasteiger partial charge in [0.05, 0.1) is 5.92 Å². The van der Waals surface area contributed by atoms with Crippen LogP contribution < -0.4 is 5.32 Å². The summed E-state index contributed by atoms with van der Waals surface area (Å²) in [6.45, 7) is 3.11. The van der Waals surface area contributed by atoms with Gasteiger partial charge in [-0.1, -0.05) is 30.3 Å². The number of carbonyl (C=O) groups excluding carboxylic acids is 2. The first kappa shape index (κ1) is 17.3. The van der Waals surface area contributed by atoms with E-state index >= 15 is 0 Å². The number of rotatable bonds is 5. The van der Waals surface area contributed by atoms with Crippen LogP contribution in [0.15, 0.2) is 54.7 Å². The molecule has 1 aliphatic heterocycles. The van der Waals surface area contributed by atoms with Gasteiger partial charge in [0.15, 0.2) is 0 Å². The van der Waals surface area contributed by atoms with Gasteiger partial charge in [0.2, 0.25) is 11.8 Å². The molecule has 1 aliphatic rings. The van der Waals surface area contributed by atoms with E-state index in [0.29, 0.717) is 13.1 Å². The number of hydrogen-bond donors (Lipinski definition) is 2. The molecular weight excluding hydrogens is 338 g/mol. The first-order valence-corrected chi connectivity index (χ1v) is 9.30. The van der Waals surface area contributed by atoms with E-state index in [1.165, 1.54) is 10.9 Å². The van der Waals surface area contributed by atoms with E-state index in [4.69, 9.17) is 0 Å². The number of fused-ring (bicyclic) bond motifs is 1. The van der Waals surface area contributed by atoms with E-state index in [0.717, 1.165) is 23.2 Å². The Morgan fingerprint density at radius 2 is 2.07 bits per heavy atom. The second-order valence-corrected chi connectivity index (χ2v) is 7.21. The molecule has 1 unspecified atom stereocenters. The molecule has 0 saturated carbocycles. The molecule has 27 heavy (non-hydrogen) atoms. The SMILES string of the molecule is Cc1cccc(NC(=O)C2CC(=O)N(CCc3c[nH]c4ccccc34)C2)c1. The molecule has 2 aromatic carbocycles. The monoisotopic (exact) mass is 361 g/mol. The molecule has 1 atom stereocenters. The van der Waals surface area contributed by atoms with Gasteiger partial charge in [-0.15, -0.1) is 0 Å². The maximum atomic E-state index is 12.5. The molecule has 3 aromatic rings. The smallest absolute Gasteiger partial charge is 0.229 e. The molecule has 138 valence electrons. The quantitative estimate of drug-likeness (QED) is 0.730. The number of para-hydroxylation sites is 1. The van der Waals surface area contributed by atoms with Gasteiger partial charge in [-0.3, -0.25) is 9.59 Å². The lowest BCUT2D eigenvalue weighted by Crippen LogP contribution is -2.30. The maximum absolute atomic E-state index is 12.5. The number of hydrogen-bond acceptors (Lipinski definition) is 2. The number of likely N-dealkylation sites (tertiary alicyclic amines) is 1. The number of nitrogens with one attached hydrogen (secondary N) is 2. The van der Waals surface area contributed by atoms with Crippen LogP contribution in [0.2, 0.25) is 0 Å². The zero-order valence-electron chi connectivity index (χ0n) is 15.4. The van der Waals surface area contributed by atoms with Crippen molar-refractivity contribution in [2.24, 2.45) is 5.92 Å². The van der Waals surface area contributed by atoms with Crippen molar-refractivity contribution in [2.45, 2.75) is 19.8 Å². The molecular formula is C22H23N3O2. The fourth-order valence-electron chi connectivity index (χ4n) is 3.72. The van der Waals surface area contributed by atoms with Crippen LogP contribution in [0.3, 0.4) is 0 Å². The molecule has 5 heteroatoms. The van der Waals surface area contributed by atoms with E-state index in [2.05, 4.69) is 16.4 Å². The number of benzene rings is 2. The van der Waals surface area contributed by atoms with Crippen molar-refractivity contribution >= 4 is 28.4 Å². The minimum absolute atomic E-state index is 0.0548. The van der Waals surface area contributed by atoms with Crippen molar-refractivity contribution in [3.63, 3.8) is 0 Å². The summed E-state index contributed by atoms with van der Waals surface area (Å²) in [6, 6.07) is 15.9. The summed E-state index contributed by atoms with van der Waals surface area (Å²) < 4.78 is 0. The molecule has 1 aromatic heterocycles. The van der Waals surface area contributed by atoms with Gasteiger partial charge in [-0.05, 0) is 42.7 Å². The molecule has 2 N–H and O–H groups in total. The van der Waals surface area contributed by atoms with Crippen LogP contribution in [0.4, 0.5) is 5.69 Å². The lowest BCUT2D eigenvalue weighted by Gasteiger charge is -2.16. The Morgan fingerprint density at radius 1 is 1.22 bits per heavy atom. The van der Waals surface area contributed by atoms with Crippen LogP contribution >= 0.6 is 0 Å². The summed E-state index contributed by atoms with van der Waals surface area (Å²) in [5.41, 5.74) is 4.18. The van der Waals surface area contributed by atoms with Gasteiger partial charge >= 0.3 is 0 Å². The Kier molecular flexibility index (Phi) is 4.67. The Balaban J connectivity index is 1.36. The highest BCUT2D eigenvalue weighted by Gasteiger charge is 2.34. The molecule has 4 rings (SSSR count). The molecule has 0 spiro atoms. The molecule has 0 bridgehead atoms. The van der Waals surface area contributed by atoms with E-state index in [9.17, 15) is 9.59 Å². The van der Waals surface area contributed by atoms with Crippen molar-refractivity contribution in [3.05, 3.63) is 65.9 Å². The summed E-state index contributed by atoms with van der Waals surface area (Å²) in [4.78, 5) is 30.0. The third kappa shape index (κ3) is 3.72.